The molecule has 7 heteroatoms. The van der Waals surface area contributed by atoms with E-state index < -0.39 is 11.9 Å². The van der Waals surface area contributed by atoms with Crippen LogP contribution in [0.2, 0.25) is 0 Å². The van der Waals surface area contributed by atoms with E-state index in [1.807, 2.05) is 0 Å². The zero-order valence-corrected chi connectivity index (χ0v) is 11.0. The predicted molar refractivity (Wildman–Crippen MR) is 67.8 cm³/mol. The van der Waals surface area contributed by atoms with Gasteiger partial charge in [-0.15, -0.1) is 0 Å². The van der Waals surface area contributed by atoms with Crippen molar-refractivity contribution >= 4 is 11.9 Å². The lowest BCUT2D eigenvalue weighted by Gasteiger charge is -1.94. The number of allylic oxidation sites excluding steroid dienone is 1. The smallest absolute Gasteiger partial charge is 0.335 e. The van der Waals surface area contributed by atoms with E-state index in [4.69, 9.17) is 20.4 Å². The molecular weight excluding hydrogens is 256 g/mol. The molecule has 0 amide bonds. The summed E-state index contributed by atoms with van der Waals surface area (Å²) in [6.45, 7) is 4.08. The minimum Gasteiger partial charge on any atom is -0.478 e. The van der Waals surface area contributed by atoms with Crippen LogP contribution >= 0.6 is 0 Å². The summed E-state index contributed by atoms with van der Waals surface area (Å²) in [6, 6.07) is 0. The number of hydrogen-bond acceptors (Lipinski definition) is 5. The zero-order valence-electron chi connectivity index (χ0n) is 11.0. The summed E-state index contributed by atoms with van der Waals surface area (Å²) in [6.07, 6.45) is 1.96. The number of carbonyl (C=O) groups is 2. The number of carboxylic acids is 2. The molecule has 0 saturated heterocycles. The molecule has 0 unspecified atom stereocenters. The number of hydrogen-bond donors (Lipinski definition) is 4. The second-order valence-electron chi connectivity index (χ2n) is 3.52. The Balaban J connectivity index is 0. The van der Waals surface area contributed by atoms with Gasteiger partial charge in [0.2, 0.25) is 0 Å². The van der Waals surface area contributed by atoms with Crippen LogP contribution in [0, 0.1) is 0 Å². The molecule has 110 valence electrons. The molecule has 0 aromatic rings. The number of aliphatic hydroxyl groups excluding tert-OH is 2. The van der Waals surface area contributed by atoms with Crippen LogP contribution in [0.15, 0.2) is 23.3 Å². The lowest BCUT2D eigenvalue weighted by molar-refractivity contribution is -0.134. The monoisotopic (exact) mass is 276 g/mol. The van der Waals surface area contributed by atoms with Crippen LogP contribution in [-0.4, -0.2) is 58.8 Å². The molecule has 0 heterocycles. The third kappa shape index (κ3) is 16.3. The SMILES string of the molecule is CC(C)=C/C(=C/C(=O)O)C(=O)O.OCCOCCO. The van der Waals surface area contributed by atoms with Gasteiger partial charge in [0, 0.05) is 6.08 Å². The normalized spacial score (nSPS) is 10.2. The van der Waals surface area contributed by atoms with Crippen molar-refractivity contribution in [2.75, 3.05) is 26.4 Å². The van der Waals surface area contributed by atoms with Crippen molar-refractivity contribution in [1.82, 2.24) is 0 Å². The largest absolute Gasteiger partial charge is 0.478 e. The molecule has 0 aliphatic heterocycles. The average molecular weight is 276 g/mol. The standard InChI is InChI=1S/C8H10O4.C4H10O3/c1-5(2)3-6(8(11)12)4-7(9)10;5-1-3-7-4-2-6/h3-4H,1-2H3,(H,9,10)(H,11,12);5-6H,1-4H2/b6-4-;. The van der Waals surface area contributed by atoms with Crippen molar-refractivity contribution in [3.63, 3.8) is 0 Å². The van der Waals surface area contributed by atoms with Gasteiger partial charge in [-0.2, -0.15) is 0 Å². The van der Waals surface area contributed by atoms with Crippen molar-refractivity contribution in [1.29, 1.82) is 0 Å². The van der Waals surface area contributed by atoms with Crippen molar-refractivity contribution < 1.29 is 34.8 Å². The van der Waals surface area contributed by atoms with Crippen molar-refractivity contribution in [2.45, 2.75) is 13.8 Å². The fourth-order valence-corrected chi connectivity index (χ4v) is 0.840. The van der Waals surface area contributed by atoms with Crippen LogP contribution in [0.1, 0.15) is 13.8 Å². The Kier molecular flexibility index (Phi) is 13.2. The number of aliphatic hydroxyl groups is 2. The van der Waals surface area contributed by atoms with Gasteiger partial charge in [-0.1, -0.05) is 5.57 Å². The molecule has 0 radical (unpaired) electrons. The molecule has 0 aromatic heterocycles. The Morgan fingerprint density at radius 1 is 1.00 bits per heavy atom. The first-order valence-corrected chi connectivity index (χ1v) is 5.47. The lowest BCUT2D eigenvalue weighted by atomic mass is 10.2. The first kappa shape index (κ1) is 19.6. The highest BCUT2D eigenvalue weighted by atomic mass is 16.5. The van der Waals surface area contributed by atoms with Crippen molar-refractivity contribution in [2.24, 2.45) is 0 Å². The van der Waals surface area contributed by atoms with Gasteiger partial charge < -0.3 is 25.2 Å². The Morgan fingerprint density at radius 3 is 1.74 bits per heavy atom. The maximum absolute atomic E-state index is 10.4. The number of ether oxygens (including phenoxy) is 1. The third-order valence-electron chi connectivity index (χ3n) is 1.44. The fourth-order valence-electron chi connectivity index (χ4n) is 0.840. The summed E-state index contributed by atoms with van der Waals surface area (Å²) in [5.74, 6) is -2.50. The van der Waals surface area contributed by atoms with E-state index in [-0.39, 0.29) is 18.8 Å². The molecule has 7 nitrogen and oxygen atoms in total. The Labute approximate surface area is 111 Å². The minimum atomic E-state index is -1.26. The van der Waals surface area contributed by atoms with Crippen LogP contribution in [0.25, 0.3) is 0 Å². The molecule has 0 bridgehead atoms. The van der Waals surface area contributed by atoms with Crippen LogP contribution in [0.3, 0.4) is 0 Å². The molecule has 0 spiro atoms. The van der Waals surface area contributed by atoms with Gasteiger partial charge in [-0.3, -0.25) is 0 Å². The summed E-state index contributed by atoms with van der Waals surface area (Å²) in [5.41, 5.74) is 0.521. The first-order valence-electron chi connectivity index (χ1n) is 5.47. The summed E-state index contributed by atoms with van der Waals surface area (Å²) in [4.78, 5) is 20.5. The fraction of sp³-hybridized carbons (Fsp3) is 0.500. The average Bonchev–Trinajstić information content (AvgIpc) is 2.28. The maximum Gasteiger partial charge on any atom is 0.335 e. The van der Waals surface area contributed by atoms with Gasteiger partial charge in [-0.25, -0.2) is 9.59 Å². The van der Waals surface area contributed by atoms with E-state index in [1.165, 1.54) is 6.08 Å². The Bertz CT molecular complexity index is 323. The van der Waals surface area contributed by atoms with Gasteiger partial charge >= 0.3 is 11.9 Å². The van der Waals surface area contributed by atoms with Crippen LogP contribution in [-0.2, 0) is 14.3 Å². The van der Waals surface area contributed by atoms with Crippen molar-refractivity contribution in [3.05, 3.63) is 23.3 Å². The Hall–Kier alpha value is -1.70. The van der Waals surface area contributed by atoms with Crippen LogP contribution < -0.4 is 0 Å². The predicted octanol–water partition coefficient (Wildman–Crippen LogP) is 0.0358. The summed E-state index contributed by atoms with van der Waals surface area (Å²) in [5, 5.41) is 32.9. The van der Waals surface area contributed by atoms with E-state index in [0.717, 1.165) is 5.57 Å². The Morgan fingerprint density at radius 2 is 1.47 bits per heavy atom. The number of carboxylic acid groups (broad SMARTS) is 2. The second-order valence-corrected chi connectivity index (χ2v) is 3.52. The molecule has 4 N–H and O–H groups in total. The molecule has 0 rings (SSSR count). The molecule has 0 aliphatic rings. The van der Waals surface area contributed by atoms with Gasteiger partial charge in [0.15, 0.2) is 0 Å². The topological polar surface area (TPSA) is 124 Å². The zero-order chi connectivity index (χ0) is 15.3. The molecule has 0 saturated carbocycles. The van der Waals surface area contributed by atoms with E-state index in [2.05, 4.69) is 4.74 Å². The van der Waals surface area contributed by atoms with Crippen LogP contribution in [0.5, 0.6) is 0 Å². The summed E-state index contributed by atoms with van der Waals surface area (Å²) < 4.78 is 4.63. The van der Waals surface area contributed by atoms with E-state index in [9.17, 15) is 9.59 Å². The quantitative estimate of drug-likeness (QED) is 0.294. The number of aliphatic carboxylic acids is 2. The number of rotatable bonds is 7. The molecule has 0 aromatic carbocycles. The molecule has 0 aliphatic carbocycles. The van der Waals surface area contributed by atoms with Gasteiger partial charge in [0.1, 0.15) is 0 Å². The van der Waals surface area contributed by atoms with E-state index in [0.29, 0.717) is 19.3 Å². The van der Waals surface area contributed by atoms with E-state index >= 15 is 0 Å². The highest BCUT2D eigenvalue weighted by molar-refractivity contribution is 5.97. The molecular formula is C12H20O7. The highest BCUT2D eigenvalue weighted by Crippen LogP contribution is 2.01. The molecule has 0 atom stereocenters. The van der Waals surface area contributed by atoms with Crippen molar-refractivity contribution in [3.8, 4) is 0 Å². The maximum atomic E-state index is 10.4. The van der Waals surface area contributed by atoms with Gasteiger partial charge in [0.25, 0.3) is 0 Å². The molecule has 19 heavy (non-hydrogen) atoms. The van der Waals surface area contributed by atoms with E-state index in [1.54, 1.807) is 13.8 Å². The first-order chi connectivity index (χ1) is 8.84. The lowest BCUT2D eigenvalue weighted by Crippen LogP contribution is -2.03. The van der Waals surface area contributed by atoms with Gasteiger partial charge in [-0.05, 0) is 19.9 Å². The summed E-state index contributed by atoms with van der Waals surface area (Å²) >= 11 is 0. The highest BCUT2D eigenvalue weighted by Gasteiger charge is 2.05. The van der Waals surface area contributed by atoms with Gasteiger partial charge in [0.05, 0.1) is 32.0 Å². The summed E-state index contributed by atoms with van der Waals surface area (Å²) in [7, 11) is 0. The minimum absolute atomic E-state index is 0.0278. The second kappa shape index (κ2) is 12.7. The van der Waals surface area contributed by atoms with Crippen LogP contribution in [0.4, 0.5) is 0 Å². The third-order valence-corrected chi connectivity index (χ3v) is 1.44. The molecule has 0 fully saturated rings.